The van der Waals surface area contributed by atoms with Gasteiger partial charge in [-0.3, -0.25) is 0 Å². The molecule has 2 nitrogen and oxygen atoms in total. The van der Waals surface area contributed by atoms with Gasteiger partial charge in [0.05, 0.1) is 6.10 Å². The number of nitrogens with one attached hydrogen (secondary N) is 1. The van der Waals surface area contributed by atoms with Gasteiger partial charge in [0.25, 0.3) is 0 Å². The summed E-state index contributed by atoms with van der Waals surface area (Å²) in [6.07, 6.45) is 4.11. The lowest BCUT2D eigenvalue weighted by Gasteiger charge is -2.22. The first-order valence-corrected chi connectivity index (χ1v) is 6.88. The molecule has 1 aliphatic heterocycles. The quantitative estimate of drug-likeness (QED) is 0.815. The molecule has 94 valence electrons. The molecule has 0 saturated carbocycles. The predicted molar refractivity (Wildman–Crippen MR) is 71.3 cm³/mol. The molecule has 17 heavy (non-hydrogen) atoms. The molecule has 2 rings (SSSR count). The van der Waals surface area contributed by atoms with Gasteiger partial charge in [-0.2, -0.15) is 0 Å². The fourth-order valence-electron chi connectivity index (χ4n) is 2.17. The summed E-state index contributed by atoms with van der Waals surface area (Å²) in [6, 6.07) is 8.40. The molecule has 0 bridgehead atoms. The normalized spacial score (nSPS) is 20.4. The molecule has 0 amide bonds. The van der Waals surface area contributed by atoms with Gasteiger partial charge in [0.1, 0.15) is 0 Å². The van der Waals surface area contributed by atoms with Crippen LogP contribution in [0.15, 0.2) is 24.3 Å². The number of ether oxygens (including phenoxy) is 1. The SMILES string of the molecule is ClCc1cccc(CNCC2CCCCO2)c1. The van der Waals surface area contributed by atoms with Crippen LogP contribution in [0.5, 0.6) is 0 Å². The van der Waals surface area contributed by atoms with Crippen LogP contribution in [-0.2, 0) is 17.2 Å². The van der Waals surface area contributed by atoms with Gasteiger partial charge in [0.2, 0.25) is 0 Å². The summed E-state index contributed by atoms with van der Waals surface area (Å²) < 4.78 is 5.68. The smallest absolute Gasteiger partial charge is 0.0699 e. The summed E-state index contributed by atoms with van der Waals surface area (Å²) in [5, 5.41) is 3.45. The molecule has 1 unspecified atom stereocenters. The van der Waals surface area contributed by atoms with Crippen molar-refractivity contribution in [2.75, 3.05) is 13.2 Å². The van der Waals surface area contributed by atoms with Crippen LogP contribution in [0, 0.1) is 0 Å². The molecular formula is C14H20ClNO. The van der Waals surface area contributed by atoms with Crippen molar-refractivity contribution in [3.05, 3.63) is 35.4 Å². The Morgan fingerprint density at radius 2 is 2.18 bits per heavy atom. The number of rotatable bonds is 5. The maximum atomic E-state index is 5.81. The van der Waals surface area contributed by atoms with E-state index in [1.807, 2.05) is 0 Å². The summed E-state index contributed by atoms with van der Waals surface area (Å²) in [5.41, 5.74) is 2.47. The molecule has 1 saturated heterocycles. The zero-order valence-corrected chi connectivity index (χ0v) is 10.9. The molecule has 3 heteroatoms. The third-order valence-electron chi connectivity index (χ3n) is 3.12. The van der Waals surface area contributed by atoms with Crippen molar-refractivity contribution in [1.82, 2.24) is 5.32 Å². The number of hydrogen-bond donors (Lipinski definition) is 1. The van der Waals surface area contributed by atoms with Crippen molar-refractivity contribution in [3.63, 3.8) is 0 Å². The average molecular weight is 254 g/mol. The average Bonchev–Trinajstić information content (AvgIpc) is 2.40. The van der Waals surface area contributed by atoms with Crippen LogP contribution in [-0.4, -0.2) is 19.3 Å². The number of hydrogen-bond acceptors (Lipinski definition) is 2. The second-order valence-electron chi connectivity index (χ2n) is 4.57. The van der Waals surface area contributed by atoms with E-state index in [2.05, 4.69) is 29.6 Å². The summed E-state index contributed by atoms with van der Waals surface area (Å²) in [6.45, 7) is 2.77. The first-order valence-electron chi connectivity index (χ1n) is 6.34. The summed E-state index contributed by atoms with van der Waals surface area (Å²) in [5.74, 6) is 0.583. The lowest BCUT2D eigenvalue weighted by molar-refractivity contribution is 0.0168. The minimum Gasteiger partial charge on any atom is -0.377 e. The van der Waals surface area contributed by atoms with E-state index in [4.69, 9.17) is 16.3 Å². The second-order valence-corrected chi connectivity index (χ2v) is 4.84. The Bertz CT molecular complexity index is 337. The first-order chi connectivity index (χ1) is 8.38. The van der Waals surface area contributed by atoms with Crippen LogP contribution in [0.1, 0.15) is 30.4 Å². The second kappa shape index (κ2) is 7.00. The monoisotopic (exact) mass is 253 g/mol. The van der Waals surface area contributed by atoms with E-state index in [9.17, 15) is 0 Å². The molecule has 0 radical (unpaired) electrons. The Morgan fingerprint density at radius 3 is 2.94 bits per heavy atom. The van der Waals surface area contributed by atoms with Crippen LogP contribution < -0.4 is 5.32 Å². The van der Waals surface area contributed by atoms with Gasteiger partial charge in [0.15, 0.2) is 0 Å². The van der Waals surface area contributed by atoms with Gasteiger partial charge in [-0.1, -0.05) is 24.3 Å². The minimum atomic E-state index is 0.403. The van der Waals surface area contributed by atoms with Crippen LogP contribution >= 0.6 is 11.6 Å². The molecule has 1 aromatic carbocycles. The Kier molecular flexibility index (Phi) is 5.30. The summed E-state index contributed by atoms with van der Waals surface area (Å²) in [4.78, 5) is 0. The largest absolute Gasteiger partial charge is 0.377 e. The third kappa shape index (κ3) is 4.30. The molecule has 1 aliphatic rings. The third-order valence-corrected chi connectivity index (χ3v) is 3.43. The fraction of sp³-hybridized carbons (Fsp3) is 0.571. The molecule has 0 spiro atoms. The Hall–Kier alpha value is -0.570. The van der Waals surface area contributed by atoms with E-state index >= 15 is 0 Å². The Morgan fingerprint density at radius 1 is 1.29 bits per heavy atom. The lowest BCUT2D eigenvalue weighted by Crippen LogP contribution is -2.31. The number of benzene rings is 1. The van der Waals surface area contributed by atoms with Gasteiger partial charge in [-0.25, -0.2) is 0 Å². The van der Waals surface area contributed by atoms with E-state index in [0.717, 1.165) is 19.7 Å². The van der Waals surface area contributed by atoms with E-state index in [1.165, 1.54) is 30.4 Å². The van der Waals surface area contributed by atoms with Gasteiger partial charge in [0, 0.05) is 25.6 Å². The van der Waals surface area contributed by atoms with Crippen LogP contribution in [0.25, 0.3) is 0 Å². The molecule has 1 N–H and O–H groups in total. The highest BCUT2D eigenvalue weighted by molar-refractivity contribution is 6.17. The number of alkyl halides is 1. The van der Waals surface area contributed by atoms with Gasteiger partial charge in [-0.05, 0) is 30.4 Å². The minimum absolute atomic E-state index is 0.403. The molecule has 1 aromatic rings. The van der Waals surface area contributed by atoms with E-state index in [1.54, 1.807) is 0 Å². The molecule has 1 heterocycles. The van der Waals surface area contributed by atoms with Gasteiger partial charge >= 0.3 is 0 Å². The van der Waals surface area contributed by atoms with Crippen LogP contribution in [0.3, 0.4) is 0 Å². The Balaban J connectivity index is 1.73. The van der Waals surface area contributed by atoms with Crippen molar-refractivity contribution in [2.45, 2.75) is 37.8 Å². The van der Waals surface area contributed by atoms with Crippen molar-refractivity contribution < 1.29 is 4.74 Å². The highest BCUT2D eigenvalue weighted by Crippen LogP contribution is 2.12. The highest BCUT2D eigenvalue weighted by Gasteiger charge is 2.12. The molecule has 1 fully saturated rings. The summed E-state index contributed by atoms with van der Waals surface area (Å²) >= 11 is 5.81. The standard InChI is InChI=1S/C14H20ClNO/c15-9-12-4-3-5-13(8-12)10-16-11-14-6-1-2-7-17-14/h3-5,8,14,16H,1-2,6-7,9-11H2. The molecular weight excluding hydrogens is 234 g/mol. The maximum absolute atomic E-state index is 5.81. The number of halogens is 1. The maximum Gasteiger partial charge on any atom is 0.0699 e. The van der Waals surface area contributed by atoms with Gasteiger partial charge in [-0.15, -0.1) is 11.6 Å². The van der Waals surface area contributed by atoms with Crippen molar-refractivity contribution in [2.24, 2.45) is 0 Å². The zero-order valence-electron chi connectivity index (χ0n) is 10.1. The van der Waals surface area contributed by atoms with E-state index < -0.39 is 0 Å². The summed E-state index contributed by atoms with van der Waals surface area (Å²) in [7, 11) is 0. The van der Waals surface area contributed by atoms with Crippen molar-refractivity contribution in [3.8, 4) is 0 Å². The molecule has 1 atom stereocenters. The van der Waals surface area contributed by atoms with E-state index in [-0.39, 0.29) is 0 Å². The molecule has 0 aliphatic carbocycles. The van der Waals surface area contributed by atoms with E-state index in [0.29, 0.717) is 12.0 Å². The lowest BCUT2D eigenvalue weighted by atomic mass is 10.1. The first kappa shape index (κ1) is 12.9. The zero-order chi connectivity index (χ0) is 11.9. The fourth-order valence-corrected chi connectivity index (χ4v) is 2.33. The van der Waals surface area contributed by atoms with Crippen molar-refractivity contribution >= 4 is 11.6 Å². The van der Waals surface area contributed by atoms with Gasteiger partial charge < -0.3 is 10.1 Å². The molecule has 0 aromatic heterocycles. The topological polar surface area (TPSA) is 21.3 Å². The highest BCUT2D eigenvalue weighted by atomic mass is 35.5. The predicted octanol–water partition coefficient (Wildman–Crippen LogP) is 3.08. The van der Waals surface area contributed by atoms with Crippen molar-refractivity contribution in [1.29, 1.82) is 0 Å². The van der Waals surface area contributed by atoms with Crippen LogP contribution in [0.2, 0.25) is 0 Å². The van der Waals surface area contributed by atoms with Crippen LogP contribution in [0.4, 0.5) is 0 Å². The Labute approximate surface area is 108 Å².